The van der Waals surface area contributed by atoms with Gasteiger partial charge in [-0.15, -0.1) is 0 Å². The van der Waals surface area contributed by atoms with E-state index >= 15 is 0 Å². The van der Waals surface area contributed by atoms with Crippen LogP contribution in [0.5, 0.6) is 0 Å². The molecular formula is C10H14N8OS. The molecule has 2 N–H and O–H groups in total. The maximum Gasteiger partial charge on any atom is 0.231 e. The predicted octanol–water partition coefficient (Wildman–Crippen LogP) is -0.430. The van der Waals surface area contributed by atoms with E-state index in [4.69, 9.17) is 10.5 Å². The van der Waals surface area contributed by atoms with Crippen molar-refractivity contribution in [2.24, 2.45) is 7.05 Å². The number of nitrogens with two attached hydrogens (primary N) is 1. The number of aryl methyl sites for hydroxylation is 1. The summed E-state index contributed by atoms with van der Waals surface area (Å²) >= 11 is 1.30. The number of ether oxygens (including phenoxy) is 1. The number of hydrogen-bond acceptors (Lipinski definition) is 9. The van der Waals surface area contributed by atoms with Crippen LogP contribution in [0.15, 0.2) is 16.6 Å². The third-order valence-electron chi connectivity index (χ3n) is 2.77. The minimum Gasteiger partial charge on any atom is -0.378 e. The Bertz CT molecular complexity index is 597. The van der Waals surface area contributed by atoms with Gasteiger partial charge in [0.15, 0.2) is 5.16 Å². The predicted molar refractivity (Wildman–Crippen MR) is 72.4 cm³/mol. The fraction of sp³-hybridized carbons (Fsp3) is 0.500. The molecule has 1 aliphatic heterocycles. The summed E-state index contributed by atoms with van der Waals surface area (Å²) in [6.07, 6.45) is 1.48. The molecule has 0 aromatic carbocycles. The van der Waals surface area contributed by atoms with Crippen LogP contribution in [-0.4, -0.2) is 56.0 Å². The highest BCUT2D eigenvalue weighted by Crippen LogP contribution is 2.23. The molecule has 10 heteroatoms. The average Bonchev–Trinajstić information content (AvgIpc) is 2.85. The van der Waals surface area contributed by atoms with Crippen molar-refractivity contribution in [3.8, 4) is 0 Å². The third-order valence-corrected chi connectivity index (χ3v) is 3.68. The van der Waals surface area contributed by atoms with E-state index < -0.39 is 0 Å². The lowest BCUT2D eigenvalue weighted by Crippen LogP contribution is -2.37. The van der Waals surface area contributed by atoms with E-state index in [0.29, 0.717) is 29.5 Å². The molecule has 0 amide bonds. The van der Waals surface area contributed by atoms with Gasteiger partial charge in [0.25, 0.3) is 0 Å². The molecule has 0 unspecified atom stereocenters. The molecule has 9 nitrogen and oxygen atoms in total. The van der Waals surface area contributed by atoms with E-state index in [2.05, 4.69) is 25.0 Å². The molecule has 106 valence electrons. The first-order chi connectivity index (χ1) is 9.72. The summed E-state index contributed by atoms with van der Waals surface area (Å²) in [4.78, 5) is 18.9. The topological polar surface area (TPSA) is 108 Å². The first-order valence-electron chi connectivity index (χ1n) is 6.08. The highest BCUT2D eigenvalue weighted by atomic mass is 32.2. The molecule has 0 atom stereocenters. The average molecular weight is 294 g/mol. The Morgan fingerprint density at radius 3 is 2.75 bits per heavy atom. The van der Waals surface area contributed by atoms with Crippen molar-refractivity contribution >= 4 is 23.7 Å². The van der Waals surface area contributed by atoms with Crippen molar-refractivity contribution in [3.63, 3.8) is 0 Å². The largest absolute Gasteiger partial charge is 0.378 e. The van der Waals surface area contributed by atoms with E-state index in [9.17, 15) is 0 Å². The lowest BCUT2D eigenvalue weighted by molar-refractivity contribution is 0.122. The maximum atomic E-state index is 5.76. The van der Waals surface area contributed by atoms with E-state index in [0.717, 1.165) is 13.1 Å². The Morgan fingerprint density at radius 2 is 2.05 bits per heavy atom. The van der Waals surface area contributed by atoms with Gasteiger partial charge in [0.2, 0.25) is 17.1 Å². The number of hydrogen-bond donors (Lipinski definition) is 1. The molecule has 1 saturated heterocycles. The summed E-state index contributed by atoms with van der Waals surface area (Å²) in [5.74, 6) is 0.775. The summed E-state index contributed by atoms with van der Waals surface area (Å²) in [6, 6.07) is 0. The van der Waals surface area contributed by atoms with Crippen molar-refractivity contribution in [1.82, 2.24) is 29.7 Å². The molecule has 3 heterocycles. The number of nitrogen functional groups attached to an aromatic ring is 1. The van der Waals surface area contributed by atoms with E-state index in [1.165, 1.54) is 18.1 Å². The number of nitrogens with zero attached hydrogens (tertiary/aromatic N) is 7. The summed E-state index contributed by atoms with van der Waals surface area (Å²) in [5, 5.41) is 5.21. The standard InChI is InChI=1S/C10H14N8OS/c1-17-10(12-6-13-17)20-9-15-7(11)14-8(16-9)18-2-4-19-5-3-18/h6H,2-5H2,1H3,(H2,11,14,15,16). The van der Waals surface area contributed by atoms with E-state index in [1.807, 2.05) is 11.9 Å². The molecule has 0 bridgehead atoms. The van der Waals surface area contributed by atoms with Gasteiger partial charge in [0.1, 0.15) is 6.33 Å². The van der Waals surface area contributed by atoms with Gasteiger partial charge < -0.3 is 15.4 Å². The van der Waals surface area contributed by atoms with Crippen LogP contribution in [0, 0.1) is 0 Å². The van der Waals surface area contributed by atoms with E-state index in [1.54, 1.807) is 4.68 Å². The molecular weight excluding hydrogens is 280 g/mol. The second-order valence-corrected chi connectivity index (χ2v) is 5.08. The van der Waals surface area contributed by atoms with Crippen LogP contribution in [0.25, 0.3) is 0 Å². The highest BCUT2D eigenvalue weighted by molar-refractivity contribution is 7.99. The maximum absolute atomic E-state index is 5.76. The Balaban J connectivity index is 1.84. The van der Waals surface area contributed by atoms with Crippen molar-refractivity contribution in [2.45, 2.75) is 10.3 Å². The van der Waals surface area contributed by atoms with Gasteiger partial charge >= 0.3 is 0 Å². The normalized spacial score (nSPS) is 15.6. The number of rotatable bonds is 3. The molecule has 0 aliphatic carbocycles. The first kappa shape index (κ1) is 13.1. The van der Waals surface area contributed by atoms with Crippen molar-refractivity contribution in [2.75, 3.05) is 36.9 Å². The van der Waals surface area contributed by atoms with Gasteiger partial charge in [0, 0.05) is 20.1 Å². The van der Waals surface area contributed by atoms with Crippen LogP contribution in [0.3, 0.4) is 0 Å². The number of aromatic nitrogens is 6. The molecule has 3 rings (SSSR count). The smallest absolute Gasteiger partial charge is 0.231 e. The van der Waals surface area contributed by atoms with E-state index in [-0.39, 0.29) is 5.95 Å². The first-order valence-corrected chi connectivity index (χ1v) is 6.90. The SMILES string of the molecule is Cn1ncnc1Sc1nc(N)nc(N2CCOCC2)n1. The van der Waals surface area contributed by atoms with Crippen molar-refractivity contribution in [1.29, 1.82) is 0 Å². The molecule has 0 saturated carbocycles. The lowest BCUT2D eigenvalue weighted by Gasteiger charge is -2.26. The van der Waals surface area contributed by atoms with Crippen LogP contribution in [0.4, 0.5) is 11.9 Å². The fourth-order valence-corrected chi connectivity index (χ4v) is 2.48. The molecule has 20 heavy (non-hydrogen) atoms. The van der Waals surface area contributed by atoms with Crippen molar-refractivity contribution in [3.05, 3.63) is 6.33 Å². The van der Waals surface area contributed by atoms with Gasteiger partial charge in [-0.2, -0.15) is 20.1 Å². The molecule has 0 radical (unpaired) electrons. The second kappa shape index (κ2) is 5.59. The Labute approximate surface area is 119 Å². The zero-order valence-electron chi connectivity index (χ0n) is 10.9. The van der Waals surface area contributed by atoms with Gasteiger partial charge in [-0.25, -0.2) is 9.67 Å². The second-order valence-electron chi connectivity index (χ2n) is 4.14. The molecule has 1 aliphatic rings. The lowest BCUT2D eigenvalue weighted by atomic mass is 10.4. The molecule has 2 aromatic rings. The van der Waals surface area contributed by atoms with Crippen LogP contribution < -0.4 is 10.6 Å². The van der Waals surface area contributed by atoms with Crippen LogP contribution in [0.2, 0.25) is 0 Å². The summed E-state index contributed by atoms with van der Waals surface area (Å²) in [6.45, 7) is 2.82. The van der Waals surface area contributed by atoms with Crippen LogP contribution in [0.1, 0.15) is 0 Å². The van der Waals surface area contributed by atoms with Crippen molar-refractivity contribution < 1.29 is 4.74 Å². The van der Waals surface area contributed by atoms with Crippen LogP contribution in [-0.2, 0) is 11.8 Å². The minimum absolute atomic E-state index is 0.200. The number of morpholine rings is 1. The Kier molecular flexibility index (Phi) is 3.65. The van der Waals surface area contributed by atoms with Gasteiger partial charge in [-0.1, -0.05) is 0 Å². The number of anilines is 2. The molecule has 0 spiro atoms. The zero-order chi connectivity index (χ0) is 13.9. The van der Waals surface area contributed by atoms with Gasteiger partial charge in [-0.05, 0) is 11.8 Å². The Morgan fingerprint density at radius 1 is 1.25 bits per heavy atom. The fourth-order valence-electron chi connectivity index (χ4n) is 1.77. The zero-order valence-corrected chi connectivity index (χ0v) is 11.7. The molecule has 1 fully saturated rings. The van der Waals surface area contributed by atoms with Gasteiger partial charge in [-0.3, -0.25) is 0 Å². The van der Waals surface area contributed by atoms with Gasteiger partial charge in [0.05, 0.1) is 13.2 Å². The minimum atomic E-state index is 0.200. The Hall–Kier alpha value is -1.94. The quantitative estimate of drug-likeness (QED) is 0.806. The van der Waals surface area contributed by atoms with Crippen LogP contribution >= 0.6 is 11.8 Å². The summed E-state index contributed by atoms with van der Waals surface area (Å²) < 4.78 is 6.96. The molecule has 2 aromatic heterocycles. The highest BCUT2D eigenvalue weighted by Gasteiger charge is 2.17. The summed E-state index contributed by atoms with van der Waals surface area (Å²) in [7, 11) is 1.81. The summed E-state index contributed by atoms with van der Waals surface area (Å²) in [5.41, 5.74) is 5.76. The monoisotopic (exact) mass is 294 g/mol. The third kappa shape index (κ3) is 2.80.